The minimum atomic E-state index is -0.269. The van der Waals surface area contributed by atoms with Crippen molar-refractivity contribution >= 4 is 5.69 Å². The minimum absolute atomic E-state index is 0.0968. The third-order valence-electron chi connectivity index (χ3n) is 3.16. The fraction of sp³-hybridized carbons (Fsp3) is 0.0556. The molecule has 110 valence electrons. The van der Waals surface area contributed by atoms with Gasteiger partial charge in [0.05, 0.1) is 12.8 Å². The van der Waals surface area contributed by atoms with Crippen LogP contribution in [0.4, 0.5) is 5.69 Å². The average molecular weight is 300 g/mol. The fourth-order valence-corrected chi connectivity index (χ4v) is 2.04. The lowest BCUT2D eigenvalue weighted by Gasteiger charge is -2.13. The van der Waals surface area contributed by atoms with Gasteiger partial charge in [0, 0.05) is 11.6 Å². The fourth-order valence-electron chi connectivity index (χ4n) is 2.04. The molecule has 0 aromatic heterocycles. The van der Waals surface area contributed by atoms with Crippen LogP contribution in [0.2, 0.25) is 0 Å². The zero-order valence-corrected chi connectivity index (χ0v) is 12.4. The number of methoxy groups -OCH3 is 1. The lowest BCUT2D eigenvalue weighted by atomic mass is 10.0. The summed E-state index contributed by atoms with van der Waals surface area (Å²) in [6.07, 6.45) is 0. The zero-order chi connectivity index (χ0) is 16.7. The van der Waals surface area contributed by atoms with Gasteiger partial charge in [-0.05, 0) is 17.7 Å². The van der Waals surface area contributed by atoms with Gasteiger partial charge in [0.1, 0.15) is 29.7 Å². The summed E-state index contributed by atoms with van der Waals surface area (Å²) >= 11 is 0. The summed E-state index contributed by atoms with van der Waals surface area (Å²) in [6.45, 7) is 0. The SMILES string of the molecule is COc1ccc(-c2ccccc2)c(NC(C#N)=C(C#N)C#N)c1. The molecular weight excluding hydrogens is 288 g/mol. The van der Waals surface area contributed by atoms with E-state index in [1.165, 1.54) is 0 Å². The van der Waals surface area contributed by atoms with Crippen molar-refractivity contribution in [1.29, 1.82) is 15.8 Å². The lowest BCUT2D eigenvalue weighted by Crippen LogP contribution is -2.02. The van der Waals surface area contributed by atoms with Crippen LogP contribution in [0.5, 0.6) is 5.75 Å². The molecule has 0 fully saturated rings. The van der Waals surface area contributed by atoms with E-state index in [0.29, 0.717) is 11.4 Å². The largest absolute Gasteiger partial charge is 0.497 e. The van der Waals surface area contributed by atoms with E-state index in [2.05, 4.69) is 5.32 Å². The van der Waals surface area contributed by atoms with Gasteiger partial charge in [-0.1, -0.05) is 30.3 Å². The molecule has 0 heterocycles. The van der Waals surface area contributed by atoms with Crippen molar-refractivity contribution in [2.24, 2.45) is 0 Å². The first-order valence-corrected chi connectivity index (χ1v) is 6.68. The van der Waals surface area contributed by atoms with E-state index in [9.17, 15) is 5.26 Å². The Hall–Kier alpha value is -3.75. The van der Waals surface area contributed by atoms with Crippen LogP contribution in [0, 0.1) is 34.0 Å². The molecule has 0 saturated carbocycles. The van der Waals surface area contributed by atoms with E-state index in [4.69, 9.17) is 15.3 Å². The maximum atomic E-state index is 9.20. The Labute approximate surface area is 134 Å². The van der Waals surface area contributed by atoms with Crippen LogP contribution >= 0.6 is 0 Å². The highest BCUT2D eigenvalue weighted by Crippen LogP contribution is 2.32. The smallest absolute Gasteiger partial charge is 0.163 e. The number of hydrogen-bond acceptors (Lipinski definition) is 5. The monoisotopic (exact) mass is 300 g/mol. The standard InChI is InChI=1S/C18H12N4O/c1-23-15-7-8-16(13-5-3-2-4-6-13)17(9-15)22-18(12-21)14(10-19)11-20/h2-9,22H,1H3. The van der Waals surface area contributed by atoms with Gasteiger partial charge in [-0.25, -0.2) is 0 Å². The highest BCUT2D eigenvalue weighted by atomic mass is 16.5. The first kappa shape index (κ1) is 15.6. The molecular formula is C18H12N4O. The second-order valence-electron chi connectivity index (χ2n) is 4.49. The Bertz CT molecular complexity index is 849. The normalized spacial score (nSPS) is 8.96. The number of nitriles is 3. The Balaban J connectivity index is 2.57. The summed E-state index contributed by atoms with van der Waals surface area (Å²) in [5, 5.41) is 30.0. The third-order valence-corrected chi connectivity index (χ3v) is 3.16. The second kappa shape index (κ2) is 7.31. The van der Waals surface area contributed by atoms with Gasteiger partial charge in [0.15, 0.2) is 5.57 Å². The van der Waals surface area contributed by atoms with Crippen molar-refractivity contribution in [2.75, 3.05) is 12.4 Å². The lowest BCUT2D eigenvalue weighted by molar-refractivity contribution is 0.415. The first-order chi connectivity index (χ1) is 11.2. The summed E-state index contributed by atoms with van der Waals surface area (Å²) in [6, 6.07) is 20.2. The zero-order valence-electron chi connectivity index (χ0n) is 12.4. The summed E-state index contributed by atoms with van der Waals surface area (Å²) < 4.78 is 5.21. The topological polar surface area (TPSA) is 92.6 Å². The molecule has 0 saturated heterocycles. The molecule has 0 aliphatic carbocycles. The van der Waals surface area contributed by atoms with Gasteiger partial charge in [-0.3, -0.25) is 0 Å². The van der Waals surface area contributed by atoms with Gasteiger partial charge in [-0.2, -0.15) is 15.8 Å². The van der Waals surface area contributed by atoms with Gasteiger partial charge < -0.3 is 10.1 Å². The van der Waals surface area contributed by atoms with Crippen molar-refractivity contribution in [3.8, 4) is 35.1 Å². The predicted molar refractivity (Wildman–Crippen MR) is 85.9 cm³/mol. The highest BCUT2D eigenvalue weighted by molar-refractivity contribution is 5.81. The Morgan fingerprint density at radius 2 is 1.65 bits per heavy atom. The van der Waals surface area contributed by atoms with Crippen molar-refractivity contribution < 1.29 is 4.74 Å². The molecule has 0 unspecified atom stereocenters. The van der Waals surface area contributed by atoms with E-state index >= 15 is 0 Å². The van der Waals surface area contributed by atoms with Crippen LogP contribution in [-0.4, -0.2) is 7.11 Å². The molecule has 0 aliphatic rings. The molecule has 2 aromatic rings. The van der Waals surface area contributed by atoms with Crippen LogP contribution in [0.1, 0.15) is 0 Å². The van der Waals surface area contributed by atoms with E-state index in [1.54, 1.807) is 31.4 Å². The molecule has 0 aliphatic heterocycles. The predicted octanol–water partition coefficient (Wildman–Crippen LogP) is 3.60. The van der Waals surface area contributed by atoms with Crippen LogP contribution < -0.4 is 10.1 Å². The molecule has 5 heteroatoms. The molecule has 2 rings (SSSR count). The summed E-state index contributed by atoms with van der Waals surface area (Å²) in [7, 11) is 1.54. The Morgan fingerprint density at radius 1 is 0.957 bits per heavy atom. The van der Waals surface area contributed by atoms with Crippen LogP contribution in [0.15, 0.2) is 59.8 Å². The van der Waals surface area contributed by atoms with Crippen LogP contribution in [-0.2, 0) is 0 Å². The van der Waals surface area contributed by atoms with Crippen LogP contribution in [0.3, 0.4) is 0 Å². The number of benzene rings is 2. The molecule has 0 atom stereocenters. The number of ether oxygens (including phenoxy) is 1. The van der Waals surface area contributed by atoms with E-state index in [0.717, 1.165) is 11.1 Å². The number of anilines is 1. The van der Waals surface area contributed by atoms with Crippen molar-refractivity contribution in [2.45, 2.75) is 0 Å². The third kappa shape index (κ3) is 3.47. The Morgan fingerprint density at radius 3 is 2.22 bits per heavy atom. The molecule has 0 spiro atoms. The first-order valence-electron chi connectivity index (χ1n) is 6.68. The molecule has 23 heavy (non-hydrogen) atoms. The number of rotatable bonds is 4. The average Bonchev–Trinajstić information content (AvgIpc) is 2.62. The number of nitrogens with zero attached hydrogens (tertiary/aromatic N) is 3. The summed E-state index contributed by atoms with van der Waals surface area (Å²) in [5.41, 5.74) is 1.98. The number of allylic oxidation sites excluding steroid dienone is 2. The maximum absolute atomic E-state index is 9.20. The Kier molecular flexibility index (Phi) is 4.97. The molecule has 0 amide bonds. The summed E-state index contributed by atoms with van der Waals surface area (Å²) in [5.74, 6) is 0.597. The van der Waals surface area contributed by atoms with Gasteiger partial charge in [-0.15, -0.1) is 0 Å². The van der Waals surface area contributed by atoms with E-state index < -0.39 is 0 Å². The maximum Gasteiger partial charge on any atom is 0.163 e. The molecule has 0 bridgehead atoms. The number of nitrogens with one attached hydrogen (secondary N) is 1. The van der Waals surface area contributed by atoms with Gasteiger partial charge in [0.2, 0.25) is 0 Å². The second-order valence-corrected chi connectivity index (χ2v) is 4.49. The highest BCUT2D eigenvalue weighted by Gasteiger charge is 2.11. The van der Waals surface area contributed by atoms with Gasteiger partial charge in [0.25, 0.3) is 0 Å². The minimum Gasteiger partial charge on any atom is -0.497 e. The molecule has 0 radical (unpaired) electrons. The quantitative estimate of drug-likeness (QED) is 0.871. The van der Waals surface area contributed by atoms with Crippen molar-refractivity contribution in [1.82, 2.24) is 0 Å². The molecule has 1 N–H and O–H groups in total. The van der Waals surface area contributed by atoms with E-state index in [-0.39, 0.29) is 11.3 Å². The molecule has 5 nitrogen and oxygen atoms in total. The van der Waals surface area contributed by atoms with Crippen LogP contribution in [0.25, 0.3) is 11.1 Å². The van der Waals surface area contributed by atoms with Crippen molar-refractivity contribution in [3.05, 3.63) is 59.8 Å². The summed E-state index contributed by atoms with van der Waals surface area (Å²) in [4.78, 5) is 0. The van der Waals surface area contributed by atoms with Crippen molar-refractivity contribution in [3.63, 3.8) is 0 Å². The van der Waals surface area contributed by atoms with E-state index in [1.807, 2.05) is 42.5 Å². The van der Waals surface area contributed by atoms with Gasteiger partial charge >= 0.3 is 0 Å². The number of hydrogen-bond donors (Lipinski definition) is 1. The molecule has 2 aromatic carbocycles.